The standard InChI is InChI=1S/C17H26N4O2/c1-14(2)13-19-17(18-7-6-16-5-4-12-23-16)21-10-8-20(9-11-21)15(3)22/h4-5,12H,1,6-11,13H2,2-3H3,(H,18,19). The highest BCUT2D eigenvalue weighted by Crippen LogP contribution is 2.04. The van der Waals surface area contributed by atoms with Crippen LogP contribution in [0.15, 0.2) is 40.0 Å². The molecule has 0 aromatic carbocycles. The van der Waals surface area contributed by atoms with Gasteiger partial charge < -0.3 is 19.5 Å². The van der Waals surface area contributed by atoms with Gasteiger partial charge in [-0.1, -0.05) is 12.2 Å². The van der Waals surface area contributed by atoms with Crippen molar-refractivity contribution in [3.05, 3.63) is 36.3 Å². The zero-order valence-electron chi connectivity index (χ0n) is 14.0. The van der Waals surface area contributed by atoms with Crippen LogP contribution in [0.25, 0.3) is 0 Å². The van der Waals surface area contributed by atoms with E-state index in [0.29, 0.717) is 6.54 Å². The van der Waals surface area contributed by atoms with Gasteiger partial charge >= 0.3 is 0 Å². The Morgan fingerprint density at radius 2 is 2.00 bits per heavy atom. The lowest BCUT2D eigenvalue weighted by molar-refractivity contribution is -0.130. The highest BCUT2D eigenvalue weighted by atomic mass is 16.3. The molecule has 23 heavy (non-hydrogen) atoms. The molecule has 0 spiro atoms. The van der Waals surface area contributed by atoms with Crippen molar-refractivity contribution in [1.29, 1.82) is 0 Å². The molecule has 0 radical (unpaired) electrons. The molecule has 1 aliphatic heterocycles. The van der Waals surface area contributed by atoms with Gasteiger partial charge in [0.2, 0.25) is 5.91 Å². The van der Waals surface area contributed by atoms with Crippen LogP contribution in [-0.2, 0) is 11.2 Å². The van der Waals surface area contributed by atoms with E-state index in [-0.39, 0.29) is 5.91 Å². The monoisotopic (exact) mass is 318 g/mol. The number of carbonyl (C=O) groups is 1. The number of amides is 1. The maximum absolute atomic E-state index is 11.4. The molecule has 2 rings (SSSR count). The summed E-state index contributed by atoms with van der Waals surface area (Å²) in [4.78, 5) is 20.1. The molecule has 1 amide bonds. The zero-order valence-corrected chi connectivity index (χ0v) is 14.0. The average molecular weight is 318 g/mol. The summed E-state index contributed by atoms with van der Waals surface area (Å²) in [6.07, 6.45) is 2.50. The highest BCUT2D eigenvalue weighted by molar-refractivity contribution is 5.80. The van der Waals surface area contributed by atoms with Gasteiger partial charge in [-0.05, 0) is 19.1 Å². The lowest BCUT2D eigenvalue weighted by Crippen LogP contribution is -2.53. The van der Waals surface area contributed by atoms with Crippen molar-refractivity contribution in [1.82, 2.24) is 15.1 Å². The molecular weight excluding hydrogens is 292 g/mol. The third-order valence-electron chi connectivity index (χ3n) is 3.76. The molecule has 6 nitrogen and oxygen atoms in total. The normalized spacial score (nSPS) is 15.7. The summed E-state index contributed by atoms with van der Waals surface area (Å²) in [7, 11) is 0. The molecule has 1 aromatic heterocycles. The van der Waals surface area contributed by atoms with Crippen LogP contribution >= 0.6 is 0 Å². The number of furan rings is 1. The number of hydrogen-bond donors (Lipinski definition) is 1. The quantitative estimate of drug-likeness (QED) is 0.508. The van der Waals surface area contributed by atoms with Crippen molar-refractivity contribution in [3.63, 3.8) is 0 Å². The molecule has 6 heteroatoms. The number of hydrogen-bond acceptors (Lipinski definition) is 3. The average Bonchev–Trinajstić information content (AvgIpc) is 3.04. The van der Waals surface area contributed by atoms with Gasteiger partial charge in [-0.3, -0.25) is 4.79 Å². The van der Waals surface area contributed by atoms with Crippen molar-refractivity contribution in [2.45, 2.75) is 20.3 Å². The molecule has 2 heterocycles. The number of guanidine groups is 1. The number of aliphatic imine (C=N–C) groups is 1. The molecule has 1 N–H and O–H groups in total. The highest BCUT2D eigenvalue weighted by Gasteiger charge is 2.20. The minimum Gasteiger partial charge on any atom is -0.469 e. The fourth-order valence-electron chi connectivity index (χ4n) is 2.46. The Hall–Kier alpha value is -2.24. The van der Waals surface area contributed by atoms with Gasteiger partial charge in [-0.2, -0.15) is 0 Å². The molecule has 1 saturated heterocycles. The van der Waals surface area contributed by atoms with E-state index < -0.39 is 0 Å². The Morgan fingerprint density at radius 1 is 1.30 bits per heavy atom. The molecule has 1 aliphatic rings. The number of carbonyl (C=O) groups excluding carboxylic acids is 1. The van der Waals surface area contributed by atoms with Crippen LogP contribution in [0.3, 0.4) is 0 Å². The lowest BCUT2D eigenvalue weighted by Gasteiger charge is -2.36. The van der Waals surface area contributed by atoms with Crippen LogP contribution in [0.4, 0.5) is 0 Å². The van der Waals surface area contributed by atoms with Crippen molar-refractivity contribution >= 4 is 11.9 Å². The second-order valence-corrected chi connectivity index (χ2v) is 5.85. The second-order valence-electron chi connectivity index (χ2n) is 5.85. The first-order chi connectivity index (χ1) is 11.1. The van der Waals surface area contributed by atoms with E-state index in [4.69, 9.17) is 4.42 Å². The number of rotatable bonds is 5. The van der Waals surface area contributed by atoms with Crippen LogP contribution in [0.1, 0.15) is 19.6 Å². The summed E-state index contributed by atoms with van der Waals surface area (Å²) in [6.45, 7) is 11.9. The molecular formula is C17H26N4O2. The molecule has 0 aliphatic carbocycles. The van der Waals surface area contributed by atoms with Crippen LogP contribution in [-0.4, -0.2) is 60.9 Å². The van der Waals surface area contributed by atoms with Crippen LogP contribution < -0.4 is 5.32 Å². The van der Waals surface area contributed by atoms with Gasteiger partial charge in [0.25, 0.3) is 0 Å². The van der Waals surface area contributed by atoms with Crippen molar-refractivity contribution in [2.24, 2.45) is 4.99 Å². The van der Waals surface area contributed by atoms with E-state index in [9.17, 15) is 4.79 Å². The third-order valence-corrected chi connectivity index (χ3v) is 3.76. The zero-order chi connectivity index (χ0) is 16.7. The summed E-state index contributed by atoms with van der Waals surface area (Å²) in [5.74, 6) is 1.97. The summed E-state index contributed by atoms with van der Waals surface area (Å²) in [5.41, 5.74) is 1.03. The van der Waals surface area contributed by atoms with Gasteiger partial charge in [-0.15, -0.1) is 0 Å². The van der Waals surface area contributed by atoms with Gasteiger partial charge in [0.1, 0.15) is 5.76 Å². The summed E-state index contributed by atoms with van der Waals surface area (Å²) in [5, 5.41) is 3.40. The smallest absolute Gasteiger partial charge is 0.219 e. The van der Waals surface area contributed by atoms with Crippen molar-refractivity contribution in [3.8, 4) is 0 Å². The van der Waals surface area contributed by atoms with E-state index in [2.05, 4.69) is 21.8 Å². The number of piperazine rings is 1. The molecule has 126 valence electrons. The Kier molecular flexibility index (Phi) is 6.26. The predicted octanol–water partition coefficient (Wildman–Crippen LogP) is 1.51. The first-order valence-corrected chi connectivity index (χ1v) is 8.02. The summed E-state index contributed by atoms with van der Waals surface area (Å²) < 4.78 is 5.35. The van der Waals surface area contributed by atoms with E-state index in [1.807, 2.05) is 24.0 Å². The third kappa shape index (κ3) is 5.47. The molecule has 0 unspecified atom stereocenters. The molecule has 1 fully saturated rings. The van der Waals surface area contributed by atoms with Gasteiger partial charge in [-0.25, -0.2) is 4.99 Å². The number of nitrogens with one attached hydrogen (secondary N) is 1. The van der Waals surface area contributed by atoms with Crippen molar-refractivity contribution < 1.29 is 9.21 Å². The van der Waals surface area contributed by atoms with Crippen LogP contribution in [0.2, 0.25) is 0 Å². The van der Waals surface area contributed by atoms with E-state index >= 15 is 0 Å². The van der Waals surface area contributed by atoms with Gasteiger partial charge in [0.05, 0.1) is 12.8 Å². The SMILES string of the molecule is C=C(C)CN=C(NCCc1ccco1)N1CCN(C(C)=O)CC1. The summed E-state index contributed by atoms with van der Waals surface area (Å²) in [6, 6.07) is 3.87. The molecule has 0 bridgehead atoms. The Balaban J connectivity index is 1.90. The Labute approximate surface area is 137 Å². The molecule has 0 saturated carbocycles. The Bertz CT molecular complexity index is 543. The van der Waals surface area contributed by atoms with Gasteiger partial charge in [0.15, 0.2) is 5.96 Å². The van der Waals surface area contributed by atoms with E-state index in [0.717, 1.165) is 56.4 Å². The van der Waals surface area contributed by atoms with Crippen LogP contribution in [0, 0.1) is 0 Å². The first kappa shape index (κ1) is 17.1. The topological polar surface area (TPSA) is 61.1 Å². The first-order valence-electron chi connectivity index (χ1n) is 8.02. The lowest BCUT2D eigenvalue weighted by atomic mass is 10.3. The largest absolute Gasteiger partial charge is 0.469 e. The summed E-state index contributed by atoms with van der Waals surface area (Å²) >= 11 is 0. The minimum atomic E-state index is 0.135. The fourth-order valence-corrected chi connectivity index (χ4v) is 2.46. The maximum atomic E-state index is 11.4. The van der Waals surface area contributed by atoms with Crippen LogP contribution in [0.5, 0.6) is 0 Å². The fraction of sp³-hybridized carbons (Fsp3) is 0.529. The van der Waals surface area contributed by atoms with E-state index in [1.165, 1.54) is 0 Å². The van der Waals surface area contributed by atoms with Gasteiger partial charge in [0, 0.05) is 46.1 Å². The predicted molar refractivity (Wildman–Crippen MR) is 91.4 cm³/mol. The second kappa shape index (κ2) is 8.41. The molecule has 0 atom stereocenters. The number of nitrogens with zero attached hydrogens (tertiary/aromatic N) is 3. The Morgan fingerprint density at radius 3 is 2.57 bits per heavy atom. The van der Waals surface area contributed by atoms with Crippen molar-refractivity contribution in [2.75, 3.05) is 39.3 Å². The maximum Gasteiger partial charge on any atom is 0.219 e. The van der Waals surface area contributed by atoms with E-state index in [1.54, 1.807) is 13.2 Å². The molecule has 1 aromatic rings. The minimum absolute atomic E-state index is 0.135.